The van der Waals surface area contributed by atoms with E-state index >= 15 is 0 Å². The van der Waals surface area contributed by atoms with Gasteiger partial charge in [0.15, 0.2) is 0 Å². The van der Waals surface area contributed by atoms with Crippen LogP contribution in [-0.2, 0) is 0 Å². The van der Waals surface area contributed by atoms with Gasteiger partial charge in [0.1, 0.15) is 0 Å². The molecule has 2 aromatic carbocycles. The Kier molecular flexibility index (Phi) is 2.91. The molecule has 3 rings (SSSR count). The summed E-state index contributed by atoms with van der Waals surface area (Å²) in [5, 5.41) is 0. The molecule has 0 N–H and O–H groups in total. The fourth-order valence-electron chi connectivity index (χ4n) is 2.11. The van der Waals surface area contributed by atoms with Crippen LogP contribution in [0, 0.1) is 0 Å². The molecule has 0 unspecified atom stereocenters. The quantitative estimate of drug-likeness (QED) is 0.500. The number of hydrogen-bond acceptors (Lipinski definition) is 0. The Morgan fingerprint density at radius 2 is 0.938 bits per heavy atom. The molecule has 80 valence electrons. The standard InChI is InChI=1S/C14H10.C2H6/c1-10-11-6-2-4-8-13(11)14-9-5-3-7-12(10)14;1-2/h2-9H,1H2;1-2H3. The second-order valence-corrected chi connectivity index (χ2v) is 3.57. The molecule has 0 saturated carbocycles. The van der Waals surface area contributed by atoms with Crippen molar-refractivity contribution < 1.29 is 0 Å². The molecule has 0 saturated heterocycles. The summed E-state index contributed by atoms with van der Waals surface area (Å²) in [6.07, 6.45) is 0. The molecule has 16 heavy (non-hydrogen) atoms. The Hall–Kier alpha value is -1.82. The molecule has 0 fully saturated rings. The van der Waals surface area contributed by atoms with Gasteiger partial charge in [-0.2, -0.15) is 0 Å². The van der Waals surface area contributed by atoms with Gasteiger partial charge in [0.05, 0.1) is 0 Å². The Morgan fingerprint density at radius 3 is 1.31 bits per heavy atom. The number of fused-ring (bicyclic) bond motifs is 3. The zero-order valence-electron chi connectivity index (χ0n) is 9.83. The predicted octanol–water partition coefficient (Wildman–Crippen LogP) is 4.75. The first kappa shape index (κ1) is 10.7. The van der Waals surface area contributed by atoms with Crippen LogP contribution in [0.15, 0.2) is 55.1 Å². The smallest absolute Gasteiger partial charge is 0.00992 e. The van der Waals surface area contributed by atoms with E-state index in [0.717, 1.165) is 5.57 Å². The molecule has 0 bridgehead atoms. The van der Waals surface area contributed by atoms with Crippen LogP contribution in [0.1, 0.15) is 25.0 Å². The van der Waals surface area contributed by atoms with Gasteiger partial charge in [-0.1, -0.05) is 69.0 Å². The molecule has 0 nitrogen and oxygen atoms in total. The molecule has 1 aliphatic carbocycles. The first-order chi connectivity index (χ1) is 7.88. The molecule has 0 aromatic heterocycles. The summed E-state index contributed by atoms with van der Waals surface area (Å²) >= 11 is 0. The van der Waals surface area contributed by atoms with Crippen molar-refractivity contribution in [2.75, 3.05) is 0 Å². The minimum Gasteiger partial charge on any atom is -0.0905 e. The van der Waals surface area contributed by atoms with E-state index < -0.39 is 0 Å². The molecule has 0 heterocycles. The Balaban J connectivity index is 0.000000457. The number of benzene rings is 2. The van der Waals surface area contributed by atoms with Gasteiger partial charge in [-0.25, -0.2) is 0 Å². The molecule has 0 radical (unpaired) electrons. The summed E-state index contributed by atoms with van der Waals surface area (Å²) in [5.74, 6) is 0. The third-order valence-electron chi connectivity index (χ3n) is 2.79. The zero-order chi connectivity index (χ0) is 11.5. The lowest BCUT2D eigenvalue weighted by molar-refractivity contribution is 1.50. The van der Waals surface area contributed by atoms with Crippen molar-refractivity contribution in [1.29, 1.82) is 0 Å². The minimum atomic E-state index is 1.15. The highest BCUT2D eigenvalue weighted by Gasteiger charge is 2.19. The Morgan fingerprint density at radius 1 is 0.625 bits per heavy atom. The van der Waals surface area contributed by atoms with Crippen molar-refractivity contribution in [2.45, 2.75) is 13.8 Å². The van der Waals surface area contributed by atoms with Gasteiger partial charge in [0, 0.05) is 0 Å². The number of rotatable bonds is 0. The largest absolute Gasteiger partial charge is 0.0905 e. The summed E-state index contributed by atoms with van der Waals surface area (Å²) in [6.45, 7) is 8.14. The molecule has 0 spiro atoms. The summed E-state index contributed by atoms with van der Waals surface area (Å²) in [6, 6.07) is 16.9. The Bertz CT molecular complexity index is 474. The lowest BCUT2D eigenvalue weighted by Gasteiger charge is -1.97. The maximum Gasteiger partial charge on any atom is -0.00992 e. The van der Waals surface area contributed by atoms with Crippen LogP contribution >= 0.6 is 0 Å². The van der Waals surface area contributed by atoms with Crippen LogP contribution in [0.25, 0.3) is 16.7 Å². The highest BCUT2D eigenvalue weighted by atomic mass is 14.2. The van der Waals surface area contributed by atoms with E-state index in [-0.39, 0.29) is 0 Å². The van der Waals surface area contributed by atoms with E-state index in [1.807, 2.05) is 13.8 Å². The minimum absolute atomic E-state index is 1.15. The molecular weight excluding hydrogens is 192 g/mol. The van der Waals surface area contributed by atoms with Crippen molar-refractivity contribution in [1.82, 2.24) is 0 Å². The van der Waals surface area contributed by atoms with Gasteiger partial charge < -0.3 is 0 Å². The lowest BCUT2D eigenvalue weighted by Crippen LogP contribution is -1.75. The molecule has 0 aliphatic heterocycles. The van der Waals surface area contributed by atoms with Crippen LogP contribution in [-0.4, -0.2) is 0 Å². The maximum atomic E-state index is 4.14. The van der Waals surface area contributed by atoms with E-state index in [2.05, 4.69) is 55.1 Å². The van der Waals surface area contributed by atoms with Crippen LogP contribution in [0.4, 0.5) is 0 Å². The highest BCUT2D eigenvalue weighted by Crippen LogP contribution is 2.42. The SMILES string of the molecule is C=C1c2ccccc2-c2ccccc21.CC. The van der Waals surface area contributed by atoms with E-state index in [4.69, 9.17) is 0 Å². The summed E-state index contributed by atoms with van der Waals surface area (Å²) < 4.78 is 0. The van der Waals surface area contributed by atoms with Gasteiger partial charge in [0.25, 0.3) is 0 Å². The van der Waals surface area contributed by atoms with Crippen molar-refractivity contribution in [3.63, 3.8) is 0 Å². The fourth-order valence-corrected chi connectivity index (χ4v) is 2.11. The van der Waals surface area contributed by atoms with Crippen LogP contribution in [0.3, 0.4) is 0 Å². The zero-order valence-corrected chi connectivity index (χ0v) is 9.83. The molecule has 0 heteroatoms. The van der Waals surface area contributed by atoms with Gasteiger partial charge in [-0.3, -0.25) is 0 Å². The predicted molar refractivity (Wildman–Crippen MR) is 71.4 cm³/mol. The molecule has 0 amide bonds. The van der Waals surface area contributed by atoms with Gasteiger partial charge in [-0.05, 0) is 27.8 Å². The van der Waals surface area contributed by atoms with Crippen LogP contribution in [0.5, 0.6) is 0 Å². The average Bonchev–Trinajstić information content (AvgIpc) is 2.67. The van der Waals surface area contributed by atoms with Crippen molar-refractivity contribution in [2.24, 2.45) is 0 Å². The molecular formula is C16H16. The summed E-state index contributed by atoms with van der Waals surface area (Å²) in [7, 11) is 0. The topological polar surface area (TPSA) is 0 Å². The third kappa shape index (κ3) is 1.47. The van der Waals surface area contributed by atoms with Crippen molar-refractivity contribution in [3.8, 4) is 11.1 Å². The van der Waals surface area contributed by atoms with E-state index in [9.17, 15) is 0 Å². The second-order valence-electron chi connectivity index (χ2n) is 3.57. The number of hydrogen-bond donors (Lipinski definition) is 0. The first-order valence-corrected chi connectivity index (χ1v) is 5.76. The van der Waals surface area contributed by atoms with E-state index in [1.54, 1.807) is 0 Å². The van der Waals surface area contributed by atoms with Crippen molar-refractivity contribution >= 4 is 5.57 Å². The van der Waals surface area contributed by atoms with Crippen LogP contribution in [0.2, 0.25) is 0 Å². The van der Waals surface area contributed by atoms with Crippen molar-refractivity contribution in [3.05, 3.63) is 66.2 Å². The Labute approximate surface area is 97.3 Å². The summed E-state index contributed by atoms with van der Waals surface area (Å²) in [4.78, 5) is 0. The molecule has 0 atom stereocenters. The fraction of sp³-hybridized carbons (Fsp3) is 0.125. The lowest BCUT2D eigenvalue weighted by atomic mass is 10.1. The molecule has 2 aromatic rings. The monoisotopic (exact) mass is 208 g/mol. The highest BCUT2D eigenvalue weighted by molar-refractivity contribution is 6.00. The maximum absolute atomic E-state index is 4.14. The molecule has 1 aliphatic rings. The summed E-state index contributed by atoms with van der Waals surface area (Å²) in [5.41, 5.74) is 6.32. The average molecular weight is 208 g/mol. The third-order valence-corrected chi connectivity index (χ3v) is 2.79. The van der Waals surface area contributed by atoms with Gasteiger partial charge >= 0.3 is 0 Å². The second kappa shape index (κ2) is 4.36. The van der Waals surface area contributed by atoms with Gasteiger partial charge in [-0.15, -0.1) is 0 Å². The van der Waals surface area contributed by atoms with Crippen LogP contribution < -0.4 is 0 Å². The van der Waals surface area contributed by atoms with E-state index in [0.29, 0.717) is 0 Å². The van der Waals surface area contributed by atoms with Gasteiger partial charge in [0.2, 0.25) is 0 Å². The first-order valence-electron chi connectivity index (χ1n) is 5.76. The van der Waals surface area contributed by atoms with E-state index in [1.165, 1.54) is 22.3 Å². The normalized spacial score (nSPS) is 11.2.